The van der Waals surface area contributed by atoms with Crippen LogP contribution in [0.4, 0.5) is 34.1 Å². The predicted molar refractivity (Wildman–Crippen MR) is 332 cm³/mol. The zero-order valence-electron chi connectivity index (χ0n) is 50.2. The first-order chi connectivity index (χ1) is 35.8. The topological polar surface area (TPSA) is 19.6 Å². The van der Waals surface area contributed by atoms with Gasteiger partial charge in [0.15, 0.2) is 0 Å². The fourth-order valence-corrected chi connectivity index (χ4v) is 13.6. The molecule has 7 aromatic carbocycles. The minimum absolute atomic E-state index is 0.0394. The van der Waals surface area contributed by atoms with E-state index in [2.05, 4.69) is 268 Å². The predicted octanol–water partition coefficient (Wildman–Crippen LogP) is 21.8. The maximum atomic E-state index is 7.10. The molecule has 1 heterocycles. The normalized spacial score (nSPS) is 18.8. The Labute approximate surface area is 463 Å². The lowest BCUT2D eigenvalue weighted by atomic mass is 9.63. The molecular formula is C74H88N2O. The third-order valence-corrected chi connectivity index (χ3v) is 19.3. The molecule has 0 bridgehead atoms. The molecular weight excluding hydrogens is 933 g/mol. The van der Waals surface area contributed by atoms with Crippen LogP contribution in [0.3, 0.4) is 0 Å². The number of anilines is 6. The lowest BCUT2D eigenvalue weighted by Gasteiger charge is -2.43. The molecule has 3 aliphatic carbocycles. The Bertz CT molecular complexity index is 3530. The van der Waals surface area contributed by atoms with E-state index in [4.69, 9.17) is 4.42 Å². The molecule has 0 amide bonds. The summed E-state index contributed by atoms with van der Waals surface area (Å²) < 4.78 is 7.10. The first-order valence-electron chi connectivity index (χ1n) is 29.1. The van der Waals surface area contributed by atoms with Crippen LogP contribution in [0.25, 0.3) is 33.1 Å². The minimum Gasteiger partial charge on any atom is -0.456 e. The Kier molecular flexibility index (Phi) is 12.2. The second-order valence-electron chi connectivity index (χ2n) is 29.9. The van der Waals surface area contributed by atoms with E-state index in [0.29, 0.717) is 0 Å². The third kappa shape index (κ3) is 9.24. The summed E-state index contributed by atoms with van der Waals surface area (Å²) in [6.45, 7) is 43.3. The van der Waals surface area contributed by atoms with Crippen molar-refractivity contribution in [2.45, 2.75) is 206 Å². The molecule has 0 saturated carbocycles. The first-order valence-corrected chi connectivity index (χ1v) is 29.1. The van der Waals surface area contributed by atoms with E-state index in [1.54, 1.807) is 0 Å². The van der Waals surface area contributed by atoms with Gasteiger partial charge in [-0.3, -0.25) is 0 Å². The number of hydrogen-bond acceptors (Lipinski definition) is 3. The lowest BCUT2D eigenvalue weighted by molar-refractivity contribution is 0.332. The van der Waals surface area contributed by atoms with Crippen molar-refractivity contribution in [1.29, 1.82) is 0 Å². The highest BCUT2D eigenvalue weighted by Gasteiger charge is 2.41. The van der Waals surface area contributed by atoms with E-state index in [1.165, 1.54) is 91.7 Å². The average Bonchev–Trinajstić information content (AvgIpc) is 3.80. The van der Waals surface area contributed by atoms with E-state index < -0.39 is 0 Å². The van der Waals surface area contributed by atoms with Crippen molar-refractivity contribution in [3.8, 4) is 11.1 Å². The molecule has 11 rings (SSSR count). The van der Waals surface area contributed by atoms with Crippen LogP contribution < -0.4 is 9.80 Å². The lowest BCUT2D eigenvalue weighted by Crippen LogP contribution is -2.34. The van der Waals surface area contributed by atoms with E-state index in [-0.39, 0.29) is 43.3 Å². The summed E-state index contributed by atoms with van der Waals surface area (Å²) in [5.41, 5.74) is 22.6. The summed E-state index contributed by atoms with van der Waals surface area (Å²) in [7, 11) is 0. The maximum Gasteiger partial charge on any atom is 0.137 e. The van der Waals surface area contributed by atoms with Crippen molar-refractivity contribution in [1.82, 2.24) is 0 Å². The summed E-state index contributed by atoms with van der Waals surface area (Å²) in [4.78, 5) is 5.13. The van der Waals surface area contributed by atoms with Crippen molar-refractivity contribution in [2.24, 2.45) is 0 Å². The van der Waals surface area contributed by atoms with Crippen molar-refractivity contribution >= 4 is 56.1 Å². The Morgan fingerprint density at radius 3 is 1.27 bits per heavy atom. The Hall–Kier alpha value is -6.06. The number of benzene rings is 7. The first kappa shape index (κ1) is 53.0. The molecule has 0 aliphatic heterocycles. The molecule has 0 fully saturated rings. The zero-order chi connectivity index (χ0) is 55.2. The highest BCUT2D eigenvalue weighted by Crippen LogP contribution is 2.54. The highest BCUT2D eigenvalue weighted by molar-refractivity contribution is 6.07. The van der Waals surface area contributed by atoms with Gasteiger partial charge in [-0.1, -0.05) is 173 Å². The highest BCUT2D eigenvalue weighted by atomic mass is 16.3. The van der Waals surface area contributed by atoms with E-state index in [9.17, 15) is 0 Å². The van der Waals surface area contributed by atoms with Gasteiger partial charge in [0.2, 0.25) is 0 Å². The molecule has 77 heavy (non-hydrogen) atoms. The van der Waals surface area contributed by atoms with Crippen LogP contribution in [0.5, 0.6) is 0 Å². The van der Waals surface area contributed by atoms with Crippen LogP contribution >= 0.6 is 0 Å². The van der Waals surface area contributed by atoms with Crippen molar-refractivity contribution < 1.29 is 4.42 Å². The Balaban J connectivity index is 1.20. The molecule has 8 aromatic rings. The number of fused-ring (bicyclic) bond motifs is 6. The molecule has 0 N–H and O–H groups in total. The van der Waals surface area contributed by atoms with Gasteiger partial charge in [-0.25, -0.2) is 0 Å². The van der Waals surface area contributed by atoms with Crippen LogP contribution in [0.15, 0.2) is 138 Å². The maximum absolute atomic E-state index is 7.10. The molecule has 3 aliphatic rings. The molecule has 0 radical (unpaired) electrons. The molecule has 400 valence electrons. The standard InChI is InChI=1S/C74H88N2O/c1-67(2,3)48-24-31-64(56(40-48)47-22-20-19-21-23-47)76(52-25-28-55-57-45-62-63(46-66(57)77-65(55)44-52)74(17,18)37-36-73(62,15)16)54-39-49(68(4,5)6)38-53(41-54)75(50-26-29-58-60(42-50)71(11,12)34-32-69(58,7)8)51-27-30-59-61(43-51)72(13,14)35-33-70(59,9)10/h19-31,38-46H,32-37H2,1-18H3. The van der Waals surface area contributed by atoms with Crippen molar-refractivity contribution in [3.05, 3.63) is 178 Å². The van der Waals surface area contributed by atoms with Gasteiger partial charge < -0.3 is 14.2 Å². The van der Waals surface area contributed by atoms with Gasteiger partial charge in [-0.15, -0.1) is 0 Å². The summed E-state index contributed by atoms with van der Waals surface area (Å²) in [5.74, 6) is 0. The number of furan rings is 1. The van der Waals surface area contributed by atoms with E-state index >= 15 is 0 Å². The fourth-order valence-electron chi connectivity index (χ4n) is 13.6. The molecule has 0 atom stereocenters. The van der Waals surface area contributed by atoms with Gasteiger partial charge in [-0.2, -0.15) is 0 Å². The Morgan fingerprint density at radius 2 is 0.766 bits per heavy atom. The summed E-state index contributed by atoms with van der Waals surface area (Å²) >= 11 is 0. The van der Waals surface area contributed by atoms with Crippen molar-refractivity contribution in [2.75, 3.05) is 9.80 Å². The fraction of sp³-hybridized carbons (Fsp3) is 0.432. The molecule has 3 nitrogen and oxygen atoms in total. The number of hydrogen-bond donors (Lipinski definition) is 0. The van der Waals surface area contributed by atoms with Crippen LogP contribution in [0, 0.1) is 0 Å². The summed E-state index contributed by atoms with van der Waals surface area (Å²) in [6.07, 6.45) is 7.00. The van der Waals surface area contributed by atoms with E-state index in [0.717, 1.165) is 58.6 Å². The summed E-state index contributed by atoms with van der Waals surface area (Å²) in [5, 5.41) is 2.35. The SMILES string of the molecule is CC(C)(C)c1cc(N(c2ccc3c(c2)C(C)(C)CCC3(C)C)c2ccc3c(c2)C(C)(C)CCC3(C)C)cc(N(c2ccc3c(c2)oc2cc4c(cc23)C(C)(C)CCC4(C)C)c2ccc(C(C)(C)C)cc2-c2ccccc2)c1. The van der Waals surface area contributed by atoms with Gasteiger partial charge >= 0.3 is 0 Å². The molecule has 3 heteroatoms. The third-order valence-electron chi connectivity index (χ3n) is 19.3. The molecule has 0 spiro atoms. The van der Waals surface area contributed by atoms with Crippen LogP contribution in [-0.2, 0) is 43.3 Å². The monoisotopic (exact) mass is 1020 g/mol. The molecule has 0 saturated heterocycles. The zero-order valence-corrected chi connectivity index (χ0v) is 50.2. The minimum atomic E-state index is -0.187. The van der Waals surface area contributed by atoms with Gasteiger partial charge in [0.25, 0.3) is 0 Å². The smallest absolute Gasteiger partial charge is 0.137 e. The van der Waals surface area contributed by atoms with Gasteiger partial charge in [0.05, 0.1) is 5.69 Å². The summed E-state index contributed by atoms with van der Waals surface area (Å²) in [6, 6.07) is 52.4. The van der Waals surface area contributed by atoms with Gasteiger partial charge in [0.1, 0.15) is 11.2 Å². The number of nitrogens with zero attached hydrogens (tertiary/aromatic N) is 2. The van der Waals surface area contributed by atoms with Crippen LogP contribution in [-0.4, -0.2) is 0 Å². The molecule has 1 aromatic heterocycles. The number of rotatable bonds is 7. The van der Waals surface area contributed by atoms with Crippen molar-refractivity contribution in [3.63, 3.8) is 0 Å². The quantitative estimate of drug-likeness (QED) is 0.159. The largest absolute Gasteiger partial charge is 0.456 e. The van der Waals surface area contributed by atoms with Gasteiger partial charge in [-0.05, 0) is 211 Å². The Morgan fingerprint density at radius 1 is 0.338 bits per heavy atom. The second kappa shape index (κ2) is 17.7. The molecule has 0 unspecified atom stereocenters. The average molecular weight is 1020 g/mol. The van der Waals surface area contributed by atoms with Gasteiger partial charge in [0, 0.05) is 50.8 Å². The second-order valence-corrected chi connectivity index (χ2v) is 29.9. The van der Waals surface area contributed by atoms with Crippen LogP contribution in [0.1, 0.15) is 208 Å². The van der Waals surface area contributed by atoms with Crippen LogP contribution in [0.2, 0.25) is 0 Å². The van der Waals surface area contributed by atoms with E-state index in [1.807, 2.05) is 0 Å².